The van der Waals surface area contributed by atoms with E-state index in [1.165, 1.54) is 11.3 Å². The molecule has 0 aliphatic rings. The van der Waals surface area contributed by atoms with E-state index in [1.807, 2.05) is 47.4 Å². The Labute approximate surface area is 198 Å². The fraction of sp³-hybridized carbons (Fsp3) is 0.364. The molecule has 1 aromatic heterocycles. The van der Waals surface area contributed by atoms with Crippen LogP contribution in [-0.2, 0) is 0 Å². The number of rotatable bonds is 9. The number of anilines is 1. The molecule has 2 aromatic carbocycles. The topological polar surface area (TPSA) is 36.4 Å². The summed E-state index contributed by atoms with van der Waals surface area (Å²) in [5.74, 6) is 0.961. The van der Waals surface area contributed by atoms with Crippen LogP contribution in [0.2, 0.25) is 5.02 Å². The molecule has 4 nitrogen and oxygen atoms in total. The van der Waals surface area contributed by atoms with Crippen molar-refractivity contribution >= 4 is 68.4 Å². The van der Waals surface area contributed by atoms with Crippen LogP contribution in [0, 0.1) is 0 Å². The number of fused-ring (bicyclic) bond motifs is 1. The average molecular weight is 485 g/mol. The highest BCUT2D eigenvalue weighted by atomic mass is 35.5. The first kappa shape index (κ1) is 25.0. The third-order valence-electron chi connectivity index (χ3n) is 4.74. The molecule has 8 heteroatoms. The molecule has 0 saturated carbocycles. The van der Waals surface area contributed by atoms with Gasteiger partial charge in [-0.05, 0) is 55.2 Å². The molecule has 0 bridgehead atoms. The molecular weight excluding hydrogens is 457 g/mol. The Bertz CT molecular complexity index is 976. The van der Waals surface area contributed by atoms with Gasteiger partial charge in [0.1, 0.15) is 0 Å². The van der Waals surface area contributed by atoms with Crippen molar-refractivity contribution in [1.29, 1.82) is 0 Å². The number of carbonyl (C=O) groups excluding carboxylic acids is 1. The molecule has 0 fully saturated rings. The Morgan fingerprint density at radius 3 is 2.57 bits per heavy atom. The second kappa shape index (κ2) is 11.9. The highest BCUT2D eigenvalue weighted by molar-refractivity contribution is 7.99. The monoisotopic (exact) mass is 483 g/mol. The SMILES string of the molecule is CCSc1cccc(C(=O)N(CCN(CC)CC)c2nc3ccc(Cl)cc3s2)c1.Cl. The smallest absolute Gasteiger partial charge is 0.260 e. The van der Waals surface area contributed by atoms with Crippen LogP contribution in [0.25, 0.3) is 10.2 Å². The van der Waals surface area contributed by atoms with Gasteiger partial charge in [-0.15, -0.1) is 24.2 Å². The molecule has 0 radical (unpaired) electrons. The number of carbonyl (C=O) groups is 1. The van der Waals surface area contributed by atoms with Gasteiger partial charge in [0.05, 0.1) is 10.2 Å². The lowest BCUT2D eigenvalue weighted by atomic mass is 10.2. The van der Waals surface area contributed by atoms with E-state index in [0.717, 1.165) is 40.5 Å². The molecule has 0 saturated heterocycles. The fourth-order valence-electron chi connectivity index (χ4n) is 3.11. The minimum atomic E-state index is -0.0131. The predicted octanol–water partition coefficient (Wildman–Crippen LogP) is 6.47. The maximum Gasteiger partial charge on any atom is 0.260 e. The number of benzene rings is 2. The maximum absolute atomic E-state index is 13.5. The van der Waals surface area contributed by atoms with Crippen LogP contribution in [0.1, 0.15) is 31.1 Å². The number of hydrogen-bond donors (Lipinski definition) is 0. The predicted molar refractivity (Wildman–Crippen MR) is 134 cm³/mol. The van der Waals surface area contributed by atoms with Crippen molar-refractivity contribution < 1.29 is 4.79 Å². The van der Waals surface area contributed by atoms with E-state index in [2.05, 4.69) is 25.7 Å². The van der Waals surface area contributed by atoms with E-state index in [9.17, 15) is 4.79 Å². The third kappa shape index (κ3) is 6.11. The van der Waals surface area contributed by atoms with Crippen LogP contribution in [0.4, 0.5) is 5.13 Å². The van der Waals surface area contributed by atoms with Crippen molar-refractivity contribution in [2.45, 2.75) is 25.7 Å². The Balaban J connectivity index is 0.00000320. The number of thiazole rings is 1. The fourth-order valence-corrected chi connectivity index (χ4v) is 5.09. The summed E-state index contributed by atoms with van der Waals surface area (Å²) in [6.07, 6.45) is 0. The summed E-state index contributed by atoms with van der Waals surface area (Å²) in [5, 5.41) is 1.39. The van der Waals surface area contributed by atoms with Gasteiger partial charge < -0.3 is 4.90 Å². The molecule has 0 aliphatic carbocycles. The van der Waals surface area contributed by atoms with Crippen LogP contribution in [0.3, 0.4) is 0 Å². The zero-order valence-corrected chi connectivity index (χ0v) is 20.6. The van der Waals surface area contributed by atoms with Crippen LogP contribution < -0.4 is 4.90 Å². The normalized spacial score (nSPS) is 11.0. The first-order valence-corrected chi connectivity index (χ1v) is 12.1. The minimum absolute atomic E-state index is 0. The lowest BCUT2D eigenvalue weighted by Gasteiger charge is -2.25. The molecule has 3 rings (SSSR count). The van der Waals surface area contributed by atoms with E-state index >= 15 is 0 Å². The Morgan fingerprint density at radius 1 is 1.10 bits per heavy atom. The number of halogens is 2. The number of amides is 1. The van der Waals surface area contributed by atoms with Gasteiger partial charge in [0, 0.05) is 28.6 Å². The maximum atomic E-state index is 13.5. The van der Waals surface area contributed by atoms with E-state index in [0.29, 0.717) is 22.3 Å². The van der Waals surface area contributed by atoms with Gasteiger partial charge >= 0.3 is 0 Å². The third-order valence-corrected chi connectivity index (χ3v) is 6.89. The number of hydrogen-bond acceptors (Lipinski definition) is 5. The van der Waals surface area contributed by atoms with Crippen molar-refractivity contribution in [3.05, 3.63) is 53.1 Å². The molecule has 1 amide bonds. The summed E-state index contributed by atoms with van der Waals surface area (Å²) < 4.78 is 0.989. The van der Waals surface area contributed by atoms with Gasteiger partial charge in [0.25, 0.3) is 5.91 Å². The second-order valence-corrected chi connectivity index (χ2v) is 9.34. The van der Waals surface area contributed by atoms with Crippen LogP contribution in [-0.4, -0.2) is 47.7 Å². The molecule has 0 spiro atoms. The molecule has 0 aliphatic heterocycles. The van der Waals surface area contributed by atoms with Crippen molar-refractivity contribution in [3.8, 4) is 0 Å². The summed E-state index contributed by atoms with van der Waals surface area (Å²) >= 11 is 9.39. The zero-order chi connectivity index (χ0) is 20.8. The lowest BCUT2D eigenvalue weighted by molar-refractivity contribution is 0.0983. The number of likely N-dealkylation sites (N-methyl/N-ethyl adjacent to an activating group) is 1. The highest BCUT2D eigenvalue weighted by Gasteiger charge is 2.22. The van der Waals surface area contributed by atoms with Crippen molar-refractivity contribution in [2.24, 2.45) is 0 Å². The van der Waals surface area contributed by atoms with Crippen LogP contribution in [0.5, 0.6) is 0 Å². The Kier molecular flexibility index (Phi) is 9.91. The average Bonchev–Trinajstić information content (AvgIpc) is 3.14. The van der Waals surface area contributed by atoms with Crippen molar-refractivity contribution in [3.63, 3.8) is 0 Å². The molecule has 0 atom stereocenters. The summed E-state index contributed by atoms with van der Waals surface area (Å²) in [7, 11) is 0. The summed E-state index contributed by atoms with van der Waals surface area (Å²) in [6, 6.07) is 13.5. The van der Waals surface area contributed by atoms with Crippen molar-refractivity contribution in [2.75, 3.05) is 36.8 Å². The number of nitrogens with zero attached hydrogens (tertiary/aromatic N) is 3. The van der Waals surface area contributed by atoms with E-state index in [-0.39, 0.29) is 18.3 Å². The zero-order valence-electron chi connectivity index (χ0n) is 17.4. The largest absolute Gasteiger partial charge is 0.302 e. The number of thioether (sulfide) groups is 1. The van der Waals surface area contributed by atoms with Gasteiger partial charge in [-0.3, -0.25) is 9.69 Å². The summed E-state index contributed by atoms with van der Waals surface area (Å²) in [6.45, 7) is 9.70. The van der Waals surface area contributed by atoms with Gasteiger partial charge in [0.15, 0.2) is 5.13 Å². The van der Waals surface area contributed by atoms with Gasteiger partial charge in [0.2, 0.25) is 0 Å². The molecule has 1 heterocycles. The molecule has 0 N–H and O–H groups in total. The minimum Gasteiger partial charge on any atom is -0.302 e. The van der Waals surface area contributed by atoms with E-state index in [1.54, 1.807) is 11.8 Å². The summed E-state index contributed by atoms with van der Waals surface area (Å²) in [5.41, 5.74) is 1.56. The Hall–Kier alpha value is -1.31. The van der Waals surface area contributed by atoms with E-state index < -0.39 is 0 Å². The van der Waals surface area contributed by atoms with Gasteiger partial charge in [-0.2, -0.15) is 0 Å². The molecule has 162 valence electrons. The van der Waals surface area contributed by atoms with E-state index in [4.69, 9.17) is 16.6 Å². The quantitative estimate of drug-likeness (QED) is 0.326. The first-order chi connectivity index (χ1) is 14.0. The number of aromatic nitrogens is 1. The van der Waals surface area contributed by atoms with Gasteiger partial charge in [-0.25, -0.2) is 4.98 Å². The highest BCUT2D eigenvalue weighted by Crippen LogP contribution is 2.32. The molecule has 3 aromatic rings. The molecular formula is C22H27Cl2N3OS2. The standard InChI is InChI=1S/C22H26ClN3OS2.ClH/c1-4-25(5-2)12-13-26(21(27)16-8-7-9-18(14-16)28-6-3)22-24-19-11-10-17(23)15-20(19)29-22;/h7-11,14-15H,4-6,12-13H2,1-3H3;1H. The Morgan fingerprint density at radius 2 is 1.87 bits per heavy atom. The summed E-state index contributed by atoms with van der Waals surface area (Å²) in [4.78, 5) is 23.4. The first-order valence-electron chi connectivity index (χ1n) is 9.88. The second-order valence-electron chi connectivity index (χ2n) is 6.55. The lowest BCUT2D eigenvalue weighted by Crippen LogP contribution is -2.38. The van der Waals surface area contributed by atoms with Crippen molar-refractivity contribution in [1.82, 2.24) is 9.88 Å². The van der Waals surface area contributed by atoms with Gasteiger partial charge in [-0.1, -0.05) is 49.8 Å². The van der Waals surface area contributed by atoms with Crippen LogP contribution in [0.15, 0.2) is 47.4 Å². The molecule has 30 heavy (non-hydrogen) atoms. The molecule has 0 unspecified atom stereocenters. The van der Waals surface area contributed by atoms with Crippen LogP contribution >= 0.6 is 47.1 Å².